The van der Waals surface area contributed by atoms with Crippen molar-refractivity contribution in [3.8, 4) is 11.5 Å². The maximum atomic E-state index is 11.8. The summed E-state index contributed by atoms with van der Waals surface area (Å²) < 4.78 is 9.89. The van der Waals surface area contributed by atoms with E-state index < -0.39 is 11.6 Å². The Morgan fingerprint density at radius 2 is 2.19 bits per heavy atom. The Balaban J connectivity index is 2.61. The number of rotatable bonds is 1. The number of aliphatic hydroxyl groups is 1. The summed E-state index contributed by atoms with van der Waals surface area (Å²) in [6, 6.07) is 3.17. The van der Waals surface area contributed by atoms with Crippen LogP contribution in [-0.4, -0.2) is 28.9 Å². The van der Waals surface area contributed by atoms with Crippen molar-refractivity contribution in [2.75, 3.05) is 7.11 Å². The zero-order chi connectivity index (χ0) is 11.9. The monoisotopic (exact) mass is 224 g/mol. The predicted octanol–water partition coefficient (Wildman–Crippen LogP) is 0.822. The van der Waals surface area contributed by atoms with Crippen molar-refractivity contribution >= 4 is 5.78 Å². The van der Waals surface area contributed by atoms with E-state index in [1.807, 2.05) is 0 Å². The fourth-order valence-corrected chi connectivity index (χ4v) is 1.67. The first-order valence-electron chi connectivity index (χ1n) is 4.77. The first kappa shape index (κ1) is 10.9. The zero-order valence-corrected chi connectivity index (χ0v) is 8.98. The average Bonchev–Trinajstić information content (AvgIpc) is 2.24. The standard InChI is InChI=1S/C11H12O5/c1-11(14)10(13)8-6(5-16-11)3-4-7(15-2)9(8)12/h3-4,12,14H,5H2,1-2H3/t11-/m1/s1. The highest BCUT2D eigenvalue weighted by Gasteiger charge is 2.40. The minimum atomic E-state index is -1.89. The Hall–Kier alpha value is -1.59. The molecule has 1 aliphatic heterocycles. The Morgan fingerprint density at radius 1 is 1.50 bits per heavy atom. The van der Waals surface area contributed by atoms with E-state index in [-0.39, 0.29) is 23.7 Å². The number of ketones is 1. The van der Waals surface area contributed by atoms with Crippen molar-refractivity contribution in [2.45, 2.75) is 19.3 Å². The number of fused-ring (bicyclic) bond motifs is 1. The summed E-state index contributed by atoms with van der Waals surface area (Å²) in [5.74, 6) is -2.61. The van der Waals surface area contributed by atoms with Gasteiger partial charge in [-0.15, -0.1) is 0 Å². The second-order valence-corrected chi connectivity index (χ2v) is 3.75. The minimum absolute atomic E-state index is 0.0654. The van der Waals surface area contributed by atoms with Gasteiger partial charge in [-0.25, -0.2) is 0 Å². The molecule has 1 heterocycles. The lowest BCUT2D eigenvalue weighted by Gasteiger charge is -2.29. The van der Waals surface area contributed by atoms with E-state index in [4.69, 9.17) is 9.47 Å². The molecule has 1 atom stereocenters. The number of benzene rings is 1. The minimum Gasteiger partial charge on any atom is -0.504 e. The molecule has 0 amide bonds. The molecule has 0 saturated carbocycles. The van der Waals surface area contributed by atoms with E-state index in [9.17, 15) is 15.0 Å². The van der Waals surface area contributed by atoms with Crippen LogP contribution < -0.4 is 4.74 Å². The summed E-state index contributed by atoms with van der Waals surface area (Å²) in [7, 11) is 1.39. The van der Waals surface area contributed by atoms with Crippen LogP contribution in [0.2, 0.25) is 0 Å². The van der Waals surface area contributed by atoms with Gasteiger partial charge in [-0.2, -0.15) is 0 Å². The molecule has 0 aromatic heterocycles. The number of phenols is 1. The van der Waals surface area contributed by atoms with Crippen LogP contribution >= 0.6 is 0 Å². The van der Waals surface area contributed by atoms with Gasteiger partial charge in [0, 0.05) is 0 Å². The highest BCUT2D eigenvalue weighted by molar-refractivity contribution is 6.05. The second-order valence-electron chi connectivity index (χ2n) is 3.75. The van der Waals surface area contributed by atoms with E-state index in [0.717, 1.165) is 0 Å². The molecule has 0 radical (unpaired) electrons. The Bertz CT molecular complexity index is 450. The normalized spacial score (nSPS) is 24.1. The number of aromatic hydroxyl groups is 1. The third-order valence-electron chi connectivity index (χ3n) is 2.60. The molecule has 2 N–H and O–H groups in total. The van der Waals surface area contributed by atoms with E-state index in [2.05, 4.69) is 0 Å². The van der Waals surface area contributed by atoms with Crippen LogP contribution in [0.4, 0.5) is 0 Å². The summed E-state index contributed by atoms with van der Waals surface area (Å²) in [6.07, 6.45) is 0. The van der Waals surface area contributed by atoms with Crippen molar-refractivity contribution < 1.29 is 24.5 Å². The van der Waals surface area contributed by atoms with Gasteiger partial charge in [-0.05, 0) is 18.6 Å². The Kier molecular flexibility index (Phi) is 2.36. The van der Waals surface area contributed by atoms with Crippen LogP contribution in [-0.2, 0) is 11.3 Å². The van der Waals surface area contributed by atoms with Crippen molar-refractivity contribution in [3.05, 3.63) is 23.3 Å². The van der Waals surface area contributed by atoms with Crippen LogP contribution in [0.25, 0.3) is 0 Å². The summed E-state index contributed by atoms with van der Waals surface area (Å²) in [6.45, 7) is 1.32. The molecule has 1 aliphatic rings. The topological polar surface area (TPSA) is 76.0 Å². The lowest BCUT2D eigenvalue weighted by Crippen LogP contribution is -2.42. The summed E-state index contributed by atoms with van der Waals surface area (Å²) >= 11 is 0. The van der Waals surface area contributed by atoms with Crippen molar-refractivity contribution in [2.24, 2.45) is 0 Å². The van der Waals surface area contributed by atoms with Gasteiger partial charge >= 0.3 is 0 Å². The first-order chi connectivity index (χ1) is 7.47. The highest BCUT2D eigenvalue weighted by Crippen LogP contribution is 2.38. The number of hydrogen-bond donors (Lipinski definition) is 2. The van der Waals surface area contributed by atoms with E-state index in [1.165, 1.54) is 14.0 Å². The van der Waals surface area contributed by atoms with Gasteiger partial charge < -0.3 is 19.7 Å². The van der Waals surface area contributed by atoms with Crippen molar-refractivity contribution in [1.82, 2.24) is 0 Å². The summed E-state index contributed by atoms with van der Waals surface area (Å²) in [5.41, 5.74) is 0.602. The van der Waals surface area contributed by atoms with Gasteiger partial charge in [0.15, 0.2) is 11.5 Å². The fraction of sp³-hybridized carbons (Fsp3) is 0.364. The predicted molar refractivity (Wildman–Crippen MR) is 54.4 cm³/mol. The lowest BCUT2D eigenvalue weighted by molar-refractivity contribution is -0.165. The number of hydrogen-bond acceptors (Lipinski definition) is 5. The third-order valence-corrected chi connectivity index (χ3v) is 2.60. The molecule has 2 rings (SSSR count). The van der Waals surface area contributed by atoms with Gasteiger partial charge in [0.1, 0.15) is 0 Å². The number of methoxy groups -OCH3 is 1. The van der Waals surface area contributed by atoms with E-state index in [0.29, 0.717) is 5.56 Å². The van der Waals surface area contributed by atoms with Crippen molar-refractivity contribution in [3.63, 3.8) is 0 Å². The molecule has 0 saturated heterocycles. The number of carbonyl (C=O) groups is 1. The molecule has 0 bridgehead atoms. The number of phenolic OH excluding ortho intramolecular Hbond substituents is 1. The second kappa shape index (κ2) is 3.47. The van der Waals surface area contributed by atoms with Crippen LogP contribution in [0.15, 0.2) is 12.1 Å². The maximum absolute atomic E-state index is 11.8. The van der Waals surface area contributed by atoms with E-state index in [1.54, 1.807) is 12.1 Å². The van der Waals surface area contributed by atoms with Crippen LogP contribution in [0.1, 0.15) is 22.8 Å². The molecular weight excluding hydrogens is 212 g/mol. The number of ether oxygens (including phenoxy) is 2. The van der Waals surface area contributed by atoms with Gasteiger partial charge in [0.25, 0.3) is 0 Å². The lowest BCUT2D eigenvalue weighted by atomic mass is 9.95. The number of Topliss-reactive ketones (excluding diaryl/α,β-unsaturated/α-hetero) is 1. The molecule has 1 aromatic rings. The Labute approximate surface area is 92.2 Å². The molecule has 5 heteroatoms. The molecule has 0 aliphatic carbocycles. The highest BCUT2D eigenvalue weighted by atomic mass is 16.6. The molecule has 5 nitrogen and oxygen atoms in total. The van der Waals surface area contributed by atoms with Gasteiger partial charge in [-0.1, -0.05) is 6.07 Å². The smallest absolute Gasteiger partial charge is 0.228 e. The van der Waals surface area contributed by atoms with Crippen LogP contribution in [0, 0.1) is 0 Å². The average molecular weight is 224 g/mol. The molecule has 0 spiro atoms. The maximum Gasteiger partial charge on any atom is 0.228 e. The number of carbonyl (C=O) groups excluding carboxylic acids is 1. The SMILES string of the molecule is COc1ccc2c(c1O)C(=O)[C@](C)(O)OC2. The summed E-state index contributed by atoms with van der Waals surface area (Å²) in [5, 5.41) is 19.5. The fourth-order valence-electron chi connectivity index (χ4n) is 1.67. The van der Waals surface area contributed by atoms with Gasteiger partial charge in [-0.3, -0.25) is 4.79 Å². The largest absolute Gasteiger partial charge is 0.504 e. The quantitative estimate of drug-likeness (QED) is 0.738. The van der Waals surface area contributed by atoms with E-state index >= 15 is 0 Å². The Morgan fingerprint density at radius 3 is 2.81 bits per heavy atom. The molecular formula is C11H12O5. The van der Waals surface area contributed by atoms with Gasteiger partial charge in [0.05, 0.1) is 19.3 Å². The van der Waals surface area contributed by atoms with Crippen LogP contribution in [0.3, 0.4) is 0 Å². The third kappa shape index (κ3) is 1.45. The first-order valence-corrected chi connectivity index (χ1v) is 4.77. The molecule has 1 aromatic carbocycles. The van der Waals surface area contributed by atoms with Crippen molar-refractivity contribution in [1.29, 1.82) is 0 Å². The molecule has 86 valence electrons. The van der Waals surface area contributed by atoms with Gasteiger partial charge in [0.2, 0.25) is 11.6 Å². The molecule has 0 fully saturated rings. The molecule has 16 heavy (non-hydrogen) atoms. The summed E-state index contributed by atoms with van der Waals surface area (Å²) in [4.78, 5) is 11.8. The zero-order valence-electron chi connectivity index (χ0n) is 8.98. The molecule has 0 unspecified atom stereocenters. The van der Waals surface area contributed by atoms with Crippen LogP contribution in [0.5, 0.6) is 11.5 Å².